The molecule has 1 saturated heterocycles. The van der Waals surface area contributed by atoms with Crippen molar-refractivity contribution in [2.75, 3.05) is 6.54 Å². The first-order valence-electron chi connectivity index (χ1n) is 3.12. The summed E-state index contributed by atoms with van der Waals surface area (Å²) < 4.78 is 12.8. The zero-order chi connectivity index (χ0) is 6.20. The van der Waals surface area contributed by atoms with Crippen molar-refractivity contribution in [3.63, 3.8) is 0 Å². The van der Waals surface area contributed by atoms with Crippen LogP contribution in [0.4, 0.5) is 4.39 Å². The Bertz CT molecular complexity index is 90.5. The molecule has 1 aliphatic heterocycles. The van der Waals surface area contributed by atoms with Gasteiger partial charge in [-0.1, -0.05) is 0 Å². The van der Waals surface area contributed by atoms with E-state index < -0.39 is 5.67 Å². The van der Waals surface area contributed by atoms with Crippen LogP contribution in [0.2, 0.25) is 0 Å². The molecule has 0 aromatic heterocycles. The summed E-state index contributed by atoms with van der Waals surface area (Å²) in [6.45, 7) is 4.38. The van der Waals surface area contributed by atoms with E-state index in [4.69, 9.17) is 0 Å². The van der Waals surface area contributed by atoms with Crippen LogP contribution in [0.3, 0.4) is 0 Å². The molecular formula is C6H13FN+. The molecule has 1 nitrogen and oxygen atoms in total. The summed E-state index contributed by atoms with van der Waals surface area (Å²) in [7, 11) is 0. The molecule has 0 aromatic rings. The maximum Gasteiger partial charge on any atom is 0.162 e. The Labute approximate surface area is 49.3 Å². The van der Waals surface area contributed by atoms with Gasteiger partial charge in [-0.05, 0) is 13.8 Å². The highest BCUT2D eigenvalue weighted by atomic mass is 19.1. The second-order valence-electron chi connectivity index (χ2n) is 3.03. The van der Waals surface area contributed by atoms with E-state index in [2.05, 4.69) is 12.2 Å². The number of nitrogens with two attached hydrogens (primary N) is 1. The highest BCUT2D eigenvalue weighted by molar-refractivity contribution is 4.78. The number of alkyl halides is 1. The van der Waals surface area contributed by atoms with Gasteiger partial charge in [0.05, 0.1) is 6.04 Å². The second kappa shape index (κ2) is 1.69. The molecular weight excluding hydrogens is 105 g/mol. The van der Waals surface area contributed by atoms with Crippen LogP contribution in [-0.4, -0.2) is 18.3 Å². The molecule has 2 unspecified atom stereocenters. The molecule has 2 atom stereocenters. The van der Waals surface area contributed by atoms with Gasteiger partial charge >= 0.3 is 0 Å². The summed E-state index contributed by atoms with van der Waals surface area (Å²) >= 11 is 0. The third kappa shape index (κ3) is 1.19. The molecule has 1 fully saturated rings. The first-order chi connectivity index (χ1) is 3.60. The fourth-order valence-electron chi connectivity index (χ4n) is 1.28. The fourth-order valence-corrected chi connectivity index (χ4v) is 1.28. The highest BCUT2D eigenvalue weighted by Crippen LogP contribution is 2.17. The van der Waals surface area contributed by atoms with Crippen molar-refractivity contribution >= 4 is 0 Å². The second-order valence-corrected chi connectivity index (χ2v) is 3.03. The molecule has 48 valence electrons. The molecule has 0 aromatic carbocycles. The molecule has 2 N–H and O–H groups in total. The molecule has 1 rings (SSSR count). The van der Waals surface area contributed by atoms with Gasteiger partial charge in [0, 0.05) is 6.42 Å². The van der Waals surface area contributed by atoms with E-state index >= 15 is 0 Å². The van der Waals surface area contributed by atoms with Gasteiger partial charge in [0.25, 0.3) is 0 Å². The summed E-state index contributed by atoms with van der Waals surface area (Å²) in [6, 6.07) is 0.491. The Morgan fingerprint density at radius 1 is 1.75 bits per heavy atom. The van der Waals surface area contributed by atoms with Gasteiger partial charge in [-0.25, -0.2) is 4.39 Å². The quantitative estimate of drug-likeness (QED) is 0.463. The normalized spacial score (nSPS) is 47.6. The standard InChI is InChI=1S/C6H12FN/c1-5-3-6(2,7)4-8-5/h5,8H,3-4H2,1-2H3/p+1. The van der Waals surface area contributed by atoms with Crippen molar-refractivity contribution in [2.24, 2.45) is 0 Å². The Balaban J connectivity index is 2.44. The molecule has 0 amide bonds. The van der Waals surface area contributed by atoms with Crippen LogP contribution < -0.4 is 5.32 Å². The van der Waals surface area contributed by atoms with Gasteiger partial charge < -0.3 is 5.32 Å². The van der Waals surface area contributed by atoms with Gasteiger partial charge in [0.1, 0.15) is 6.54 Å². The predicted molar refractivity (Wildman–Crippen MR) is 30.4 cm³/mol. The summed E-state index contributed by atoms with van der Waals surface area (Å²) in [5.41, 5.74) is -0.889. The lowest BCUT2D eigenvalue weighted by atomic mass is 10.1. The average molecular weight is 118 g/mol. The number of quaternary nitrogens is 1. The lowest BCUT2D eigenvalue weighted by Gasteiger charge is -2.04. The van der Waals surface area contributed by atoms with Crippen LogP contribution in [0.5, 0.6) is 0 Å². The molecule has 8 heavy (non-hydrogen) atoms. The number of rotatable bonds is 0. The molecule has 0 radical (unpaired) electrons. The number of halogens is 1. The summed E-state index contributed by atoms with van der Waals surface area (Å²) in [4.78, 5) is 0. The zero-order valence-electron chi connectivity index (χ0n) is 5.45. The van der Waals surface area contributed by atoms with Crippen LogP contribution in [0.25, 0.3) is 0 Å². The first kappa shape index (κ1) is 6.02. The van der Waals surface area contributed by atoms with E-state index in [9.17, 15) is 4.39 Å². The van der Waals surface area contributed by atoms with Crippen LogP contribution in [-0.2, 0) is 0 Å². The van der Waals surface area contributed by atoms with E-state index in [1.807, 2.05) is 0 Å². The zero-order valence-corrected chi connectivity index (χ0v) is 5.45. The van der Waals surface area contributed by atoms with E-state index in [1.165, 1.54) is 0 Å². The highest BCUT2D eigenvalue weighted by Gasteiger charge is 2.35. The van der Waals surface area contributed by atoms with Gasteiger partial charge in [0.15, 0.2) is 5.67 Å². The van der Waals surface area contributed by atoms with E-state index in [0.717, 1.165) is 0 Å². The van der Waals surface area contributed by atoms with Gasteiger partial charge in [-0.15, -0.1) is 0 Å². The maximum atomic E-state index is 12.8. The lowest BCUT2D eigenvalue weighted by molar-refractivity contribution is -0.670. The van der Waals surface area contributed by atoms with E-state index in [0.29, 0.717) is 19.0 Å². The van der Waals surface area contributed by atoms with Crippen molar-refractivity contribution in [1.29, 1.82) is 0 Å². The minimum Gasteiger partial charge on any atom is -0.341 e. The van der Waals surface area contributed by atoms with E-state index in [-0.39, 0.29) is 0 Å². The smallest absolute Gasteiger partial charge is 0.162 e. The van der Waals surface area contributed by atoms with Gasteiger partial charge in [-0.2, -0.15) is 0 Å². The maximum absolute atomic E-state index is 12.8. The summed E-state index contributed by atoms with van der Waals surface area (Å²) in [5.74, 6) is 0. The van der Waals surface area contributed by atoms with Crippen LogP contribution in [0.1, 0.15) is 20.3 Å². The summed E-state index contributed by atoms with van der Waals surface area (Å²) in [5, 5.41) is 2.06. The minimum atomic E-state index is -0.889. The predicted octanol–water partition coefficient (Wildman–Crippen LogP) is 0.0702. The fraction of sp³-hybridized carbons (Fsp3) is 1.00. The molecule has 0 spiro atoms. The van der Waals surface area contributed by atoms with Gasteiger partial charge in [0.2, 0.25) is 0 Å². The monoisotopic (exact) mass is 118 g/mol. The van der Waals surface area contributed by atoms with Crippen molar-refractivity contribution in [3.8, 4) is 0 Å². The van der Waals surface area contributed by atoms with Gasteiger partial charge in [-0.3, -0.25) is 0 Å². The van der Waals surface area contributed by atoms with Crippen LogP contribution in [0, 0.1) is 0 Å². The minimum absolute atomic E-state index is 0.491. The molecule has 0 bridgehead atoms. The largest absolute Gasteiger partial charge is 0.341 e. The van der Waals surface area contributed by atoms with E-state index in [1.54, 1.807) is 6.92 Å². The van der Waals surface area contributed by atoms with Crippen molar-refractivity contribution < 1.29 is 9.71 Å². The van der Waals surface area contributed by atoms with Crippen molar-refractivity contribution in [1.82, 2.24) is 0 Å². The Hall–Kier alpha value is -0.110. The number of hydrogen-bond acceptors (Lipinski definition) is 0. The van der Waals surface area contributed by atoms with Crippen molar-refractivity contribution in [2.45, 2.75) is 32.0 Å². The number of hydrogen-bond donors (Lipinski definition) is 1. The third-order valence-electron chi connectivity index (χ3n) is 1.69. The average Bonchev–Trinajstić information content (AvgIpc) is 1.82. The molecule has 0 saturated carbocycles. The topological polar surface area (TPSA) is 16.6 Å². The third-order valence-corrected chi connectivity index (χ3v) is 1.69. The molecule has 2 heteroatoms. The Morgan fingerprint density at radius 2 is 2.38 bits per heavy atom. The first-order valence-corrected chi connectivity index (χ1v) is 3.12. The Morgan fingerprint density at radius 3 is 2.50 bits per heavy atom. The van der Waals surface area contributed by atoms with Crippen LogP contribution >= 0.6 is 0 Å². The summed E-state index contributed by atoms with van der Waals surface area (Å²) in [6.07, 6.45) is 0.715. The van der Waals surface area contributed by atoms with Crippen LogP contribution in [0.15, 0.2) is 0 Å². The van der Waals surface area contributed by atoms with Crippen molar-refractivity contribution in [3.05, 3.63) is 0 Å². The molecule has 1 aliphatic rings. The molecule has 1 heterocycles. The lowest BCUT2D eigenvalue weighted by Crippen LogP contribution is -2.86. The Kier molecular flexibility index (Phi) is 1.27. The SMILES string of the molecule is CC1CC(C)(F)C[NH2+]1. The molecule has 0 aliphatic carbocycles.